The molecule has 0 unspecified atom stereocenters. The fraction of sp³-hybridized carbons (Fsp3) is 0.429. The molecule has 1 aromatic heterocycles. The summed E-state index contributed by atoms with van der Waals surface area (Å²) in [6.45, 7) is 3.07. The zero-order chi connectivity index (χ0) is 11.8. The average molecular weight is 229 g/mol. The second kappa shape index (κ2) is 4.17. The third-order valence-corrected chi connectivity index (χ3v) is 3.67. The number of likely N-dealkylation sites (N-methyl/N-ethyl adjacent to an activating group) is 1. The minimum atomic E-state index is 1.02. The van der Waals surface area contributed by atoms with Crippen LogP contribution in [0.15, 0.2) is 18.3 Å². The van der Waals surface area contributed by atoms with Crippen molar-refractivity contribution in [1.29, 1.82) is 0 Å². The van der Waals surface area contributed by atoms with Gasteiger partial charge in [-0.15, -0.1) is 0 Å². The molecule has 3 nitrogen and oxygen atoms in total. The molecule has 0 spiro atoms. The van der Waals surface area contributed by atoms with Gasteiger partial charge in [-0.3, -0.25) is 0 Å². The Bertz CT molecular complexity index is 554. The zero-order valence-electron chi connectivity index (χ0n) is 10.5. The first-order valence-corrected chi connectivity index (χ1v) is 6.24. The number of rotatable bonds is 3. The Balaban J connectivity index is 2.12. The van der Waals surface area contributed by atoms with Crippen LogP contribution in [0.25, 0.3) is 10.9 Å². The molecule has 2 N–H and O–H groups in total. The molecule has 0 saturated heterocycles. The van der Waals surface area contributed by atoms with E-state index in [-0.39, 0.29) is 0 Å². The van der Waals surface area contributed by atoms with Gasteiger partial charge in [0, 0.05) is 37.2 Å². The van der Waals surface area contributed by atoms with E-state index in [0.29, 0.717) is 0 Å². The van der Waals surface area contributed by atoms with Crippen molar-refractivity contribution in [2.24, 2.45) is 7.05 Å². The molecule has 3 heteroatoms. The molecule has 0 aliphatic carbocycles. The lowest BCUT2D eigenvalue weighted by atomic mass is 10.0. The molecule has 2 aromatic rings. The van der Waals surface area contributed by atoms with Gasteiger partial charge >= 0.3 is 0 Å². The monoisotopic (exact) mass is 229 g/mol. The molecule has 3 rings (SSSR count). The molecule has 0 bridgehead atoms. The van der Waals surface area contributed by atoms with Crippen LogP contribution in [-0.2, 0) is 26.6 Å². The van der Waals surface area contributed by atoms with Crippen LogP contribution in [0.5, 0.6) is 0 Å². The maximum atomic E-state index is 3.41. The lowest BCUT2D eigenvalue weighted by Gasteiger charge is -2.02. The van der Waals surface area contributed by atoms with E-state index in [1.807, 2.05) is 7.05 Å². The standard InChI is InChI=1S/C14H19N3/c1-15-4-3-10-9-17(2)14-6-12-8-16-7-11(12)5-13(10)14/h5-6,9,15-16H,3-4,7-8H2,1-2H3. The number of hydrogen-bond donors (Lipinski definition) is 2. The van der Waals surface area contributed by atoms with Crippen molar-refractivity contribution >= 4 is 10.9 Å². The van der Waals surface area contributed by atoms with Gasteiger partial charge in [-0.05, 0) is 48.8 Å². The van der Waals surface area contributed by atoms with E-state index in [1.54, 1.807) is 0 Å². The summed E-state index contributed by atoms with van der Waals surface area (Å²) in [6.07, 6.45) is 3.37. The topological polar surface area (TPSA) is 29.0 Å². The normalized spacial score (nSPS) is 14.5. The second-order valence-corrected chi connectivity index (χ2v) is 4.86. The summed E-state index contributed by atoms with van der Waals surface area (Å²) in [5, 5.41) is 8.06. The van der Waals surface area contributed by atoms with Gasteiger partial charge in [0.15, 0.2) is 0 Å². The Labute approximate surface area is 102 Å². The average Bonchev–Trinajstić information content (AvgIpc) is 2.90. The van der Waals surface area contributed by atoms with Crippen LogP contribution in [0, 0.1) is 0 Å². The molecule has 0 atom stereocenters. The summed E-state index contributed by atoms with van der Waals surface area (Å²) in [5.74, 6) is 0. The van der Waals surface area contributed by atoms with E-state index in [1.165, 1.54) is 27.6 Å². The van der Waals surface area contributed by atoms with Crippen molar-refractivity contribution in [3.05, 3.63) is 35.0 Å². The highest BCUT2D eigenvalue weighted by Gasteiger charge is 2.14. The summed E-state index contributed by atoms with van der Waals surface area (Å²) >= 11 is 0. The maximum absolute atomic E-state index is 3.41. The Hall–Kier alpha value is -1.32. The van der Waals surface area contributed by atoms with Crippen molar-refractivity contribution in [2.45, 2.75) is 19.5 Å². The molecule has 0 saturated carbocycles. The molecule has 0 amide bonds. The van der Waals surface area contributed by atoms with E-state index in [9.17, 15) is 0 Å². The summed E-state index contributed by atoms with van der Waals surface area (Å²) in [5.41, 5.74) is 5.73. The summed E-state index contributed by atoms with van der Waals surface area (Å²) in [4.78, 5) is 0. The summed E-state index contributed by atoms with van der Waals surface area (Å²) in [6, 6.07) is 4.71. The number of benzene rings is 1. The van der Waals surface area contributed by atoms with Crippen LogP contribution in [0.3, 0.4) is 0 Å². The molecule has 0 fully saturated rings. The largest absolute Gasteiger partial charge is 0.350 e. The summed E-state index contributed by atoms with van der Waals surface area (Å²) in [7, 11) is 4.15. The van der Waals surface area contributed by atoms with Crippen LogP contribution >= 0.6 is 0 Å². The Kier molecular flexibility index (Phi) is 2.65. The highest BCUT2D eigenvalue weighted by Crippen LogP contribution is 2.27. The van der Waals surface area contributed by atoms with Crippen LogP contribution in [0.4, 0.5) is 0 Å². The van der Waals surface area contributed by atoms with Crippen LogP contribution < -0.4 is 10.6 Å². The van der Waals surface area contributed by atoms with Gasteiger partial charge in [0.1, 0.15) is 0 Å². The van der Waals surface area contributed by atoms with Crippen molar-refractivity contribution in [3.63, 3.8) is 0 Å². The zero-order valence-corrected chi connectivity index (χ0v) is 10.5. The quantitative estimate of drug-likeness (QED) is 0.836. The van der Waals surface area contributed by atoms with Gasteiger partial charge in [0.25, 0.3) is 0 Å². The van der Waals surface area contributed by atoms with E-state index in [0.717, 1.165) is 26.1 Å². The SMILES string of the molecule is CNCCc1cn(C)c2cc3c(cc12)CNC3. The first kappa shape index (κ1) is 10.8. The fourth-order valence-corrected chi connectivity index (χ4v) is 2.72. The van der Waals surface area contributed by atoms with Gasteiger partial charge in [-0.25, -0.2) is 0 Å². The number of fused-ring (bicyclic) bond motifs is 2. The number of aromatic nitrogens is 1. The Morgan fingerprint density at radius 1 is 1.29 bits per heavy atom. The van der Waals surface area contributed by atoms with E-state index in [4.69, 9.17) is 0 Å². The fourth-order valence-electron chi connectivity index (χ4n) is 2.72. The van der Waals surface area contributed by atoms with E-state index < -0.39 is 0 Å². The van der Waals surface area contributed by atoms with Gasteiger partial charge in [-0.1, -0.05) is 0 Å². The molecule has 1 aromatic carbocycles. The molecule has 17 heavy (non-hydrogen) atoms. The minimum absolute atomic E-state index is 1.02. The summed E-state index contributed by atoms with van der Waals surface area (Å²) < 4.78 is 2.25. The van der Waals surface area contributed by atoms with Crippen molar-refractivity contribution in [3.8, 4) is 0 Å². The molecule has 90 valence electrons. The minimum Gasteiger partial charge on any atom is -0.350 e. The van der Waals surface area contributed by atoms with Gasteiger partial charge in [0.2, 0.25) is 0 Å². The van der Waals surface area contributed by atoms with Crippen molar-refractivity contribution in [1.82, 2.24) is 15.2 Å². The van der Waals surface area contributed by atoms with Crippen molar-refractivity contribution < 1.29 is 0 Å². The maximum Gasteiger partial charge on any atom is 0.0484 e. The first-order chi connectivity index (χ1) is 8.29. The third-order valence-electron chi connectivity index (χ3n) is 3.67. The van der Waals surface area contributed by atoms with E-state index in [2.05, 4.69) is 40.6 Å². The lowest BCUT2D eigenvalue weighted by Crippen LogP contribution is -2.09. The first-order valence-electron chi connectivity index (χ1n) is 6.24. The highest BCUT2D eigenvalue weighted by molar-refractivity contribution is 5.85. The van der Waals surface area contributed by atoms with Gasteiger partial charge in [-0.2, -0.15) is 0 Å². The van der Waals surface area contributed by atoms with Gasteiger partial charge in [0.05, 0.1) is 0 Å². The molecule has 1 aliphatic heterocycles. The smallest absolute Gasteiger partial charge is 0.0484 e. The van der Waals surface area contributed by atoms with Gasteiger partial charge < -0.3 is 15.2 Å². The molecule has 2 heterocycles. The number of aryl methyl sites for hydroxylation is 1. The predicted octanol–water partition coefficient (Wildman–Crippen LogP) is 1.54. The third kappa shape index (κ3) is 1.75. The van der Waals surface area contributed by atoms with E-state index >= 15 is 0 Å². The molecular weight excluding hydrogens is 210 g/mol. The number of hydrogen-bond acceptors (Lipinski definition) is 2. The van der Waals surface area contributed by atoms with Crippen molar-refractivity contribution in [2.75, 3.05) is 13.6 Å². The van der Waals surface area contributed by atoms with Crippen LogP contribution in [-0.4, -0.2) is 18.2 Å². The highest BCUT2D eigenvalue weighted by atomic mass is 14.9. The second-order valence-electron chi connectivity index (χ2n) is 4.86. The molecule has 1 aliphatic rings. The number of nitrogens with one attached hydrogen (secondary N) is 2. The van der Waals surface area contributed by atoms with Crippen LogP contribution in [0.2, 0.25) is 0 Å². The lowest BCUT2D eigenvalue weighted by molar-refractivity contribution is 0.764. The molecule has 0 radical (unpaired) electrons. The Morgan fingerprint density at radius 2 is 2.06 bits per heavy atom. The van der Waals surface area contributed by atoms with Crippen LogP contribution in [0.1, 0.15) is 16.7 Å². The Morgan fingerprint density at radius 3 is 2.82 bits per heavy atom. The number of nitrogens with zero attached hydrogens (tertiary/aromatic N) is 1. The molecular formula is C14H19N3. The predicted molar refractivity (Wildman–Crippen MR) is 71.1 cm³/mol.